The van der Waals surface area contributed by atoms with Crippen molar-refractivity contribution in [1.82, 2.24) is 0 Å². The van der Waals surface area contributed by atoms with Crippen LogP contribution in [-0.4, -0.2) is 12.7 Å². The Hall–Kier alpha value is -0.110. The summed E-state index contributed by atoms with van der Waals surface area (Å²) in [6, 6.07) is 0. The molecule has 0 radical (unpaired) electrons. The zero-order valence-corrected chi connectivity index (χ0v) is 9.98. The third-order valence-corrected chi connectivity index (χ3v) is 3.34. The standard InChI is InChI=1S/C12H26FN/c1-4-7-8-12(6-3,10-14)9-11(13)5-2/h11H,4-10,14H2,1-3H3. The molecule has 0 bridgehead atoms. The van der Waals surface area contributed by atoms with E-state index in [0.717, 1.165) is 12.8 Å². The third kappa shape index (κ3) is 4.41. The van der Waals surface area contributed by atoms with Crippen LogP contribution in [0.1, 0.15) is 59.3 Å². The molecule has 0 aromatic heterocycles. The Morgan fingerprint density at radius 1 is 1.29 bits per heavy atom. The zero-order valence-electron chi connectivity index (χ0n) is 9.98. The molecule has 0 aliphatic carbocycles. The van der Waals surface area contributed by atoms with Crippen LogP contribution < -0.4 is 5.73 Å². The lowest BCUT2D eigenvalue weighted by atomic mass is 9.76. The second-order valence-corrected chi connectivity index (χ2v) is 4.37. The van der Waals surface area contributed by atoms with Crippen molar-refractivity contribution >= 4 is 0 Å². The first kappa shape index (κ1) is 13.9. The van der Waals surface area contributed by atoms with Crippen molar-refractivity contribution in [1.29, 1.82) is 0 Å². The Morgan fingerprint density at radius 3 is 2.29 bits per heavy atom. The minimum Gasteiger partial charge on any atom is -0.330 e. The highest BCUT2D eigenvalue weighted by Gasteiger charge is 2.28. The molecule has 0 saturated heterocycles. The van der Waals surface area contributed by atoms with Crippen molar-refractivity contribution in [2.45, 2.75) is 65.5 Å². The smallest absolute Gasteiger partial charge is 0.100 e. The van der Waals surface area contributed by atoms with Gasteiger partial charge in [0.25, 0.3) is 0 Å². The predicted octanol–water partition coefficient (Wildman–Crippen LogP) is 3.67. The molecule has 14 heavy (non-hydrogen) atoms. The maximum atomic E-state index is 13.4. The molecule has 2 N–H and O–H groups in total. The number of hydrogen-bond acceptors (Lipinski definition) is 1. The van der Waals surface area contributed by atoms with Crippen molar-refractivity contribution in [2.75, 3.05) is 6.54 Å². The summed E-state index contributed by atoms with van der Waals surface area (Å²) in [4.78, 5) is 0. The quantitative estimate of drug-likeness (QED) is 0.640. The number of hydrogen-bond donors (Lipinski definition) is 1. The topological polar surface area (TPSA) is 26.0 Å². The molecular weight excluding hydrogens is 177 g/mol. The molecule has 86 valence electrons. The van der Waals surface area contributed by atoms with E-state index in [9.17, 15) is 4.39 Å². The van der Waals surface area contributed by atoms with Gasteiger partial charge in [-0.15, -0.1) is 0 Å². The molecule has 0 heterocycles. The summed E-state index contributed by atoms with van der Waals surface area (Å²) in [7, 11) is 0. The van der Waals surface area contributed by atoms with Gasteiger partial charge in [-0.25, -0.2) is 4.39 Å². The van der Waals surface area contributed by atoms with Crippen LogP contribution in [0.2, 0.25) is 0 Å². The zero-order chi connectivity index (χ0) is 11.0. The summed E-state index contributed by atoms with van der Waals surface area (Å²) < 4.78 is 13.4. The van der Waals surface area contributed by atoms with Crippen LogP contribution in [0.25, 0.3) is 0 Å². The Kier molecular flexibility index (Phi) is 7.16. The number of rotatable bonds is 8. The molecule has 0 aliphatic rings. The van der Waals surface area contributed by atoms with E-state index >= 15 is 0 Å². The molecule has 0 spiro atoms. The Bertz CT molecular complexity index is 132. The average molecular weight is 203 g/mol. The minimum absolute atomic E-state index is 0.0609. The van der Waals surface area contributed by atoms with Gasteiger partial charge in [-0.05, 0) is 37.6 Å². The van der Waals surface area contributed by atoms with Gasteiger partial charge in [0, 0.05) is 0 Å². The van der Waals surface area contributed by atoms with E-state index in [4.69, 9.17) is 5.73 Å². The van der Waals surface area contributed by atoms with Crippen LogP contribution in [0.3, 0.4) is 0 Å². The fraction of sp³-hybridized carbons (Fsp3) is 1.00. The summed E-state index contributed by atoms with van der Waals surface area (Å²) in [5.41, 5.74) is 5.86. The van der Waals surface area contributed by atoms with Gasteiger partial charge in [0.05, 0.1) is 0 Å². The van der Waals surface area contributed by atoms with Gasteiger partial charge in [0.2, 0.25) is 0 Å². The van der Waals surface area contributed by atoms with Gasteiger partial charge in [-0.1, -0.05) is 33.6 Å². The van der Waals surface area contributed by atoms with Gasteiger partial charge < -0.3 is 5.73 Å². The fourth-order valence-corrected chi connectivity index (χ4v) is 1.92. The first-order valence-corrected chi connectivity index (χ1v) is 5.98. The van der Waals surface area contributed by atoms with Gasteiger partial charge in [0.1, 0.15) is 6.17 Å². The highest BCUT2D eigenvalue weighted by molar-refractivity contribution is 4.81. The Labute approximate surface area is 88.3 Å². The molecular formula is C12H26FN. The first-order chi connectivity index (χ1) is 6.64. The van der Waals surface area contributed by atoms with Gasteiger partial charge in [0.15, 0.2) is 0 Å². The maximum absolute atomic E-state index is 13.4. The molecule has 2 unspecified atom stereocenters. The van der Waals surface area contributed by atoms with Crippen molar-refractivity contribution in [2.24, 2.45) is 11.1 Å². The molecule has 0 aromatic rings. The summed E-state index contributed by atoms with van der Waals surface area (Å²) in [6.07, 6.45) is 5.02. The summed E-state index contributed by atoms with van der Waals surface area (Å²) in [6.45, 7) is 6.83. The van der Waals surface area contributed by atoms with E-state index in [1.54, 1.807) is 0 Å². The van der Waals surface area contributed by atoms with Crippen LogP contribution in [0.15, 0.2) is 0 Å². The average Bonchev–Trinajstić information content (AvgIpc) is 2.24. The second kappa shape index (κ2) is 7.22. The van der Waals surface area contributed by atoms with Gasteiger partial charge >= 0.3 is 0 Å². The normalized spacial score (nSPS) is 17.8. The molecule has 0 amide bonds. The van der Waals surface area contributed by atoms with E-state index in [-0.39, 0.29) is 5.41 Å². The Morgan fingerprint density at radius 2 is 1.93 bits per heavy atom. The minimum atomic E-state index is -0.671. The molecule has 2 heteroatoms. The first-order valence-electron chi connectivity index (χ1n) is 5.98. The Balaban J connectivity index is 4.20. The number of halogens is 1. The molecule has 1 nitrogen and oxygen atoms in total. The van der Waals surface area contributed by atoms with Crippen molar-refractivity contribution in [3.8, 4) is 0 Å². The van der Waals surface area contributed by atoms with E-state index in [0.29, 0.717) is 19.4 Å². The highest BCUT2D eigenvalue weighted by atomic mass is 19.1. The molecule has 0 aliphatic heterocycles. The van der Waals surface area contributed by atoms with Crippen LogP contribution in [0.4, 0.5) is 4.39 Å². The van der Waals surface area contributed by atoms with Crippen LogP contribution in [0, 0.1) is 5.41 Å². The third-order valence-electron chi connectivity index (χ3n) is 3.34. The monoisotopic (exact) mass is 203 g/mol. The summed E-state index contributed by atoms with van der Waals surface area (Å²) >= 11 is 0. The van der Waals surface area contributed by atoms with Gasteiger partial charge in [-0.2, -0.15) is 0 Å². The molecule has 0 rings (SSSR count). The van der Waals surface area contributed by atoms with Crippen molar-refractivity contribution < 1.29 is 4.39 Å². The number of nitrogens with two attached hydrogens (primary N) is 1. The second-order valence-electron chi connectivity index (χ2n) is 4.37. The lowest BCUT2D eigenvalue weighted by Gasteiger charge is -2.32. The maximum Gasteiger partial charge on any atom is 0.100 e. The lowest BCUT2D eigenvalue weighted by molar-refractivity contribution is 0.155. The number of unbranched alkanes of at least 4 members (excludes halogenated alkanes) is 1. The lowest BCUT2D eigenvalue weighted by Crippen LogP contribution is -2.32. The van der Waals surface area contributed by atoms with E-state index < -0.39 is 6.17 Å². The van der Waals surface area contributed by atoms with Crippen LogP contribution in [0.5, 0.6) is 0 Å². The van der Waals surface area contributed by atoms with Crippen LogP contribution in [-0.2, 0) is 0 Å². The van der Waals surface area contributed by atoms with E-state index in [1.807, 2.05) is 6.92 Å². The molecule has 0 aromatic carbocycles. The largest absolute Gasteiger partial charge is 0.330 e. The van der Waals surface area contributed by atoms with Gasteiger partial charge in [-0.3, -0.25) is 0 Å². The van der Waals surface area contributed by atoms with Crippen molar-refractivity contribution in [3.63, 3.8) is 0 Å². The summed E-state index contributed by atoms with van der Waals surface area (Å²) in [5.74, 6) is 0. The predicted molar refractivity (Wildman–Crippen MR) is 61.1 cm³/mol. The van der Waals surface area contributed by atoms with E-state index in [1.165, 1.54) is 12.8 Å². The molecule has 2 atom stereocenters. The SMILES string of the molecule is CCCCC(CC)(CN)CC(F)CC. The fourth-order valence-electron chi connectivity index (χ4n) is 1.92. The highest BCUT2D eigenvalue weighted by Crippen LogP contribution is 2.34. The summed E-state index contributed by atoms with van der Waals surface area (Å²) in [5, 5.41) is 0. The molecule has 0 saturated carbocycles. The number of alkyl halides is 1. The molecule has 0 fully saturated rings. The van der Waals surface area contributed by atoms with Crippen molar-refractivity contribution in [3.05, 3.63) is 0 Å². The van der Waals surface area contributed by atoms with Crippen LogP contribution >= 0.6 is 0 Å². The van der Waals surface area contributed by atoms with E-state index in [2.05, 4.69) is 13.8 Å².